The predicted octanol–water partition coefficient (Wildman–Crippen LogP) is 3.63. The number of aromatic hydroxyl groups is 1. The van der Waals surface area contributed by atoms with Crippen LogP contribution in [0.3, 0.4) is 0 Å². The van der Waals surface area contributed by atoms with Crippen molar-refractivity contribution < 1.29 is 19.8 Å². The molecule has 0 saturated carbocycles. The van der Waals surface area contributed by atoms with Crippen LogP contribution in [-0.2, 0) is 0 Å². The van der Waals surface area contributed by atoms with Crippen LogP contribution in [0.1, 0.15) is 20.7 Å². The Morgan fingerprint density at radius 1 is 1.12 bits per heavy atom. The second kappa shape index (κ2) is 7.61. The molecule has 0 spiro atoms. The van der Waals surface area contributed by atoms with E-state index in [2.05, 4.69) is 26.6 Å². The molecule has 0 aromatic heterocycles. The third kappa shape index (κ3) is 4.44. The second-order valence-electron chi connectivity index (χ2n) is 4.57. The van der Waals surface area contributed by atoms with E-state index in [9.17, 15) is 14.7 Å². The molecule has 124 valence electrons. The predicted molar refractivity (Wildman–Crippen MR) is 97.9 cm³/mol. The number of aromatic carboxylic acids is 1. The van der Waals surface area contributed by atoms with Gasteiger partial charge in [0, 0.05) is 16.2 Å². The highest BCUT2D eigenvalue weighted by atomic mass is 79.9. The van der Waals surface area contributed by atoms with Crippen molar-refractivity contribution in [2.75, 3.05) is 5.32 Å². The summed E-state index contributed by atoms with van der Waals surface area (Å²) >= 11 is 14.2. The first kappa shape index (κ1) is 18.2. The Kier molecular flexibility index (Phi) is 5.76. The zero-order valence-corrected chi connectivity index (χ0v) is 15.0. The van der Waals surface area contributed by atoms with Gasteiger partial charge in [0.05, 0.1) is 10.6 Å². The molecule has 0 aliphatic rings. The largest absolute Gasteiger partial charge is 0.507 e. The molecule has 0 aliphatic carbocycles. The summed E-state index contributed by atoms with van der Waals surface area (Å²) < 4.78 is 0.685. The van der Waals surface area contributed by atoms with Gasteiger partial charge in [-0.3, -0.25) is 10.1 Å². The summed E-state index contributed by atoms with van der Waals surface area (Å²) in [6.45, 7) is 0. The van der Waals surface area contributed by atoms with Gasteiger partial charge in [0.25, 0.3) is 5.91 Å². The Morgan fingerprint density at radius 2 is 1.83 bits per heavy atom. The topological polar surface area (TPSA) is 98.7 Å². The maximum Gasteiger partial charge on any atom is 0.339 e. The lowest BCUT2D eigenvalue weighted by molar-refractivity contribution is 0.0693. The number of carboxylic acids is 1. The lowest BCUT2D eigenvalue weighted by Gasteiger charge is -2.11. The number of hydrogen-bond acceptors (Lipinski definition) is 4. The van der Waals surface area contributed by atoms with Crippen LogP contribution in [-0.4, -0.2) is 27.2 Å². The van der Waals surface area contributed by atoms with Gasteiger partial charge in [-0.25, -0.2) is 4.79 Å². The molecule has 0 aliphatic heterocycles. The molecule has 0 unspecified atom stereocenters. The van der Waals surface area contributed by atoms with Crippen molar-refractivity contribution in [2.45, 2.75) is 0 Å². The molecule has 2 rings (SSSR count). The molecule has 4 N–H and O–H groups in total. The van der Waals surface area contributed by atoms with E-state index in [4.69, 9.17) is 28.9 Å². The maximum atomic E-state index is 12.2. The number of thiocarbonyl (C=S) groups is 1. The van der Waals surface area contributed by atoms with Crippen molar-refractivity contribution in [3.63, 3.8) is 0 Å². The van der Waals surface area contributed by atoms with Crippen molar-refractivity contribution in [1.29, 1.82) is 0 Å². The molecule has 6 nitrogen and oxygen atoms in total. The number of rotatable bonds is 3. The molecule has 0 bridgehead atoms. The van der Waals surface area contributed by atoms with Crippen molar-refractivity contribution in [3.05, 3.63) is 57.0 Å². The summed E-state index contributed by atoms with van der Waals surface area (Å²) in [5.74, 6) is -2.18. The lowest BCUT2D eigenvalue weighted by Crippen LogP contribution is -2.34. The standard InChI is InChI=1S/C15H10BrClN2O4S/c16-7-1-4-11(17)10(5-7)13(21)19-15(24)18-8-2-3-9(14(22)23)12(20)6-8/h1-6,20H,(H,22,23)(H2,18,19,21,24). The van der Waals surface area contributed by atoms with E-state index in [1.54, 1.807) is 18.2 Å². The summed E-state index contributed by atoms with van der Waals surface area (Å²) in [5.41, 5.74) is 0.318. The summed E-state index contributed by atoms with van der Waals surface area (Å²) in [4.78, 5) is 23.0. The van der Waals surface area contributed by atoms with Gasteiger partial charge < -0.3 is 15.5 Å². The smallest absolute Gasteiger partial charge is 0.339 e. The van der Waals surface area contributed by atoms with Gasteiger partial charge in [-0.2, -0.15) is 0 Å². The first-order valence-electron chi connectivity index (χ1n) is 6.41. The first-order chi connectivity index (χ1) is 11.3. The van der Waals surface area contributed by atoms with Crippen LogP contribution < -0.4 is 10.6 Å². The average molecular weight is 430 g/mol. The fraction of sp³-hybridized carbons (Fsp3) is 0. The van der Waals surface area contributed by atoms with Gasteiger partial charge in [0.2, 0.25) is 0 Å². The number of hydrogen-bond donors (Lipinski definition) is 4. The minimum absolute atomic E-state index is 0.0292. The highest BCUT2D eigenvalue weighted by Crippen LogP contribution is 2.23. The SMILES string of the molecule is O=C(O)c1ccc(NC(=S)NC(=O)c2cc(Br)ccc2Cl)cc1O. The maximum absolute atomic E-state index is 12.2. The third-order valence-corrected chi connectivity index (χ3v) is 3.91. The van der Waals surface area contributed by atoms with Crippen molar-refractivity contribution in [1.82, 2.24) is 5.32 Å². The number of carbonyl (C=O) groups is 2. The Bertz CT molecular complexity index is 844. The number of amides is 1. The van der Waals surface area contributed by atoms with Gasteiger partial charge in [-0.1, -0.05) is 27.5 Å². The van der Waals surface area contributed by atoms with Gasteiger partial charge in [0.15, 0.2) is 5.11 Å². The van der Waals surface area contributed by atoms with Crippen LogP contribution >= 0.6 is 39.7 Å². The summed E-state index contributed by atoms with van der Waals surface area (Å²) in [5, 5.41) is 23.8. The molecule has 9 heteroatoms. The molecular formula is C15H10BrClN2O4S. The monoisotopic (exact) mass is 428 g/mol. The van der Waals surface area contributed by atoms with Crippen molar-refractivity contribution in [3.8, 4) is 5.75 Å². The summed E-state index contributed by atoms with van der Waals surface area (Å²) in [7, 11) is 0. The number of nitrogens with one attached hydrogen (secondary N) is 2. The van der Waals surface area contributed by atoms with Crippen molar-refractivity contribution >= 4 is 62.4 Å². The van der Waals surface area contributed by atoms with Crippen LogP contribution in [0.4, 0.5) is 5.69 Å². The molecule has 2 aromatic carbocycles. The van der Waals surface area contributed by atoms with Crippen LogP contribution in [0.5, 0.6) is 5.75 Å². The lowest BCUT2D eigenvalue weighted by atomic mass is 10.2. The molecule has 0 fully saturated rings. The average Bonchev–Trinajstić information content (AvgIpc) is 2.49. The molecular weight excluding hydrogens is 420 g/mol. The zero-order valence-electron chi connectivity index (χ0n) is 11.8. The first-order valence-corrected chi connectivity index (χ1v) is 7.99. The number of anilines is 1. The minimum atomic E-state index is -1.25. The second-order valence-corrected chi connectivity index (χ2v) is 6.30. The molecule has 0 saturated heterocycles. The fourth-order valence-corrected chi connectivity index (χ4v) is 2.57. The molecule has 0 radical (unpaired) electrons. The van der Waals surface area contributed by atoms with Crippen LogP contribution in [0.25, 0.3) is 0 Å². The Morgan fingerprint density at radius 3 is 2.46 bits per heavy atom. The number of carboxylic acid groups (broad SMARTS) is 1. The fourth-order valence-electron chi connectivity index (χ4n) is 1.79. The minimum Gasteiger partial charge on any atom is -0.507 e. The third-order valence-electron chi connectivity index (χ3n) is 2.89. The van der Waals surface area contributed by atoms with Crippen LogP contribution in [0.15, 0.2) is 40.9 Å². The molecule has 0 atom stereocenters. The quantitative estimate of drug-likeness (QED) is 0.556. The molecule has 1 amide bonds. The number of halogens is 2. The zero-order chi connectivity index (χ0) is 17.9. The molecule has 2 aromatic rings. The van der Waals surface area contributed by atoms with Crippen LogP contribution in [0, 0.1) is 0 Å². The number of phenols is 1. The molecule has 24 heavy (non-hydrogen) atoms. The van der Waals surface area contributed by atoms with Crippen molar-refractivity contribution in [2.24, 2.45) is 0 Å². The Hall–Kier alpha value is -2.16. The number of carbonyl (C=O) groups excluding carboxylic acids is 1. The van der Waals surface area contributed by atoms with Gasteiger partial charge in [0.1, 0.15) is 11.3 Å². The van der Waals surface area contributed by atoms with E-state index >= 15 is 0 Å². The van der Waals surface area contributed by atoms with Gasteiger partial charge in [-0.15, -0.1) is 0 Å². The van der Waals surface area contributed by atoms with E-state index in [1.807, 2.05) is 0 Å². The highest BCUT2D eigenvalue weighted by molar-refractivity contribution is 9.10. The number of benzene rings is 2. The van der Waals surface area contributed by atoms with E-state index in [0.717, 1.165) is 0 Å². The summed E-state index contributed by atoms with van der Waals surface area (Å²) in [6.07, 6.45) is 0. The Balaban J connectivity index is 2.08. The van der Waals surface area contributed by atoms with Gasteiger partial charge in [-0.05, 0) is 42.5 Å². The van der Waals surface area contributed by atoms with E-state index < -0.39 is 17.6 Å². The molecule has 0 heterocycles. The van der Waals surface area contributed by atoms with E-state index in [1.165, 1.54) is 18.2 Å². The highest BCUT2D eigenvalue weighted by Gasteiger charge is 2.14. The van der Waals surface area contributed by atoms with Gasteiger partial charge >= 0.3 is 5.97 Å². The van der Waals surface area contributed by atoms with E-state index in [-0.39, 0.29) is 21.3 Å². The van der Waals surface area contributed by atoms with E-state index in [0.29, 0.717) is 10.2 Å². The van der Waals surface area contributed by atoms with Crippen LogP contribution in [0.2, 0.25) is 5.02 Å². The summed E-state index contributed by atoms with van der Waals surface area (Å²) in [6, 6.07) is 8.63. The Labute approximate surface area is 155 Å². The normalized spacial score (nSPS) is 10.1.